The summed E-state index contributed by atoms with van der Waals surface area (Å²) in [5, 5.41) is 11.0. The minimum absolute atomic E-state index is 0.0167. The molecule has 2 aromatic rings. The molecular formula is C18H20N4O8S2. The average molecular weight is 485 g/mol. The van der Waals surface area contributed by atoms with Crippen LogP contribution in [-0.4, -0.2) is 72.3 Å². The van der Waals surface area contributed by atoms with Gasteiger partial charge < -0.3 is 14.2 Å². The van der Waals surface area contributed by atoms with Gasteiger partial charge >= 0.3 is 5.97 Å². The molecular weight excluding hydrogens is 464 g/mol. The van der Waals surface area contributed by atoms with Crippen LogP contribution in [0.5, 0.6) is 0 Å². The largest absolute Gasteiger partial charge is 0.468 e. The van der Waals surface area contributed by atoms with E-state index in [2.05, 4.69) is 9.73 Å². The Bertz CT molecular complexity index is 1260. The van der Waals surface area contributed by atoms with Crippen LogP contribution in [0, 0.1) is 10.1 Å². The first-order valence-corrected chi connectivity index (χ1v) is 12.1. The Morgan fingerprint density at radius 1 is 1.22 bits per heavy atom. The Kier molecular flexibility index (Phi) is 7.03. The quantitative estimate of drug-likeness (QED) is 0.307. The van der Waals surface area contributed by atoms with Crippen molar-refractivity contribution in [1.29, 1.82) is 0 Å². The van der Waals surface area contributed by atoms with Crippen LogP contribution in [0.1, 0.15) is 12.8 Å². The Morgan fingerprint density at radius 3 is 2.53 bits per heavy atom. The number of thiazole rings is 1. The molecule has 3 rings (SSSR count). The summed E-state index contributed by atoms with van der Waals surface area (Å²) >= 11 is 0.890. The van der Waals surface area contributed by atoms with Crippen molar-refractivity contribution < 1.29 is 32.5 Å². The standard InChI is InChI=1S/C18H20N4O8S2/c1-30-17(25)9-21-13-5-4-12(22(26)27)8-14(13)31-18(21)19-15(23)10-32(28,29)11-16(24)20-6-2-3-7-20/h4-5,8H,2-3,6-7,9-11H2,1H3. The number of fused-ring (bicyclic) bond motifs is 1. The van der Waals surface area contributed by atoms with Crippen LogP contribution < -0.4 is 4.80 Å². The highest BCUT2D eigenvalue weighted by Gasteiger charge is 2.26. The lowest BCUT2D eigenvalue weighted by Gasteiger charge is -2.14. The SMILES string of the molecule is COC(=O)Cn1c(=NC(=O)CS(=O)(=O)CC(=O)N2CCCC2)sc2cc([N+](=O)[O-])ccc21. The number of carbonyl (C=O) groups excluding carboxylic acids is 3. The highest BCUT2D eigenvalue weighted by Crippen LogP contribution is 2.23. The number of sulfone groups is 1. The van der Waals surface area contributed by atoms with Gasteiger partial charge in [0, 0.05) is 25.2 Å². The number of non-ortho nitro benzene ring substituents is 1. The van der Waals surface area contributed by atoms with Gasteiger partial charge in [-0.2, -0.15) is 4.99 Å². The number of aromatic nitrogens is 1. The number of rotatable bonds is 7. The third-order valence-electron chi connectivity index (χ3n) is 4.76. The van der Waals surface area contributed by atoms with Crippen LogP contribution in [0.2, 0.25) is 0 Å². The van der Waals surface area contributed by atoms with Gasteiger partial charge in [0.05, 0.1) is 22.2 Å². The van der Waals surface area contributed by atoms with E-state index >= 15 is 0 Å². The molecule has 0 aliphatic carbocycles. The molecule has 1 aromatic heterocycles. The number of likely N-dealkylation sites (tertiary alicyclic amines) is 1. The predicted octanol–water partition coefficient (Wildman–Crippen LogP) is 0.249. The van der Waals surface area contributed by atoms with Crippen molar-refractivity contribution in [2.24, 2.45) is 4.99 Å². The lowest BCUT2D eigenvalue weighted by Crippen LogP contribution is -2.35. The van der Waals surface area contributed by atoms with Crippen molar-refractivity contribution in [1.82, 2.24) is 9.47 Å². The molecule has 2 heterocycles. The molecule has 0 radical (unpaired) electrons. The highest BCUT2D eigenvalue weighted by atomic mass is 32.2. The number of esters is 1. The van der Waals surface area contributed by atoms with Gasteiger partial charge in [0.25, 0.3) is 11.6 Å². The summed E-state index contributed by atoms with van der Waals surface area (Å²) in [5.74, 6) is -3.97. The van der Waals surface area contributed by atoms with Gasteiger partial charge in [-0.25, -0.2) is 8.42 Å². The van der Waals surface area contributed by atoms with Crippen LogP contribution in [0.15, 0.2) is 23.2 Å². The summed E-state index contributed by atoms with van der Waals surface area (Å²) < 4.78 is 31.0. The molecule has 0 N–H and O–H groups in total. The Hall–Kier alpha value is -3.13. The van der Waals surface area contributed by atoms with E-state index in [0.717, 1.165) is 24.2 Å². The second-order valence-corrected chi connectivity index (χ2v) is 10.2. The predicted molar refractivity (Wildman–Crippen MR) is 114 cm³/mol. The van der Waals surface area contributed by atoms with E-state index < -0.39 is 44.0 Å². The zero-order chi connectivity index (χ0) is 23.5. The first kappa shape index (κ1) is 23.5. The van der Waals surface area contributed by atoms with Crippen molar-refractivity contribution >= 4 is 54.9 Å². The van der Waals surface area contributed by atoms with E-state index in [1.165, 1.54) is 34.8 Å². The van der Waals surface area contributed by atoms with Gasteiger partial charge in [-0.05, 0) is 18.9 Å². The van der Waals surface area contributed by atoms with E-state index in [0.29, 0.717) is 23.3 Å². The number of hydrogen-bond acceptors (Lipinski definition) is 9. The number of nitro groups is 1. The zero-order valence-electron chi connectivity index (χ0n) is 17.1. The summed E-state index contributed by atoms with van der Waals surface area (Å²) in [6.45, 7) is 0.656. The average Bonchev–Trinajstić information content (AvgIpc) is 3.35. The lowest BCUT2D eigenvalue weighted by atomic mass is 10.3. The van der Waals surface area contributed by atoms with E-state index in [9.17, 15) is 32.9 Å². The molecule has 172 valence electrons. The molecule has 12 nitrogen and oxygen atoms in total. The molecule has 32 heavy (non-hydrogen) atoms. The van der Waals surface area contributed by atoms with Crippen molar-refractivity contribution in [3.05, 3.63) is 33.1 Å². The number of nitrogens with zero attached hydrogens (tertiary/aromatic N) is 4. The fourth-order valence-electron chi connectivity index (χ4n) is 3.23. The van der Waals surface area contributed by atoms with E-state index in [-0.39, 0.29) is 17.0 Å². The number of ether oxygens (including phenoxy) is 1. The Balaban J connectivity index is 1.90. The van der Waals surface area contributed by atoms with Crippen molar-refractivity contribution in [2.45, 2.75) is 19.4 Å². The molecule has 0 unspecified atom stereocenters. The maximum atomic E-state index is 12.4. The van der Waals surface area contributed by atoms with Crippen molar-refractivity contribution in [3.63, 3.8) is 0 Å². The zero-order valence-corrected chi connectivity index (χ0v) is 18.7. The summed E-state index contributed by atoms with van der Waals surface area (Å²) in [7, 11) is -2.87. The molecule has 2 amide bonds. The van der Waals surface area contributed by atoms with E-state index in [1.54, 1.807) is 0 Å². The third kappa shape index (κ3) is 5.56. The summed E-state index contributed by atoms with van der Waals surface area (Å²) in [4.78, 5) is 52.0. The van der Waals surface area contributed by atoms with Gasteiger partial charge in [-0.3, -0.25) is 24.5 Å². The number of amides is 2. The molecule has 1 aliphatic heterocycles. The Labute approximate surface area is 186 Å². The monoisotopic (exact) mass is 484 g/mol. The van der Waals surface area contributed by atoms with Gasteiger partial charge in [0.15, 0.2) is 14.6 Å². The fraction of sp³-hybridized carbons (Fsp3) is 0.444. The number of benzene rings is 1. The van der Waals surface area contributed by atoms with E-state index in [1.807, 2.05) is 0 Å². The van der Waals surface area contributed by atoms with Gasteiger partial charge in [-0.15, -0.1) is 0 Å². The lowest BCUT2D eigenvalue weighted by molar-refractivity contribution is -0.384. The van der Waals surface area contributed by atoms with Crippen molar-refractivity contribution in [3.8, 4) is 0 Å². The summed E-state index contributed by atoms with van der Waals surface area (Å²) in [5.41, 5.74) is 0.203. The Morgan fingerprint density at radius 2 is 1.91 bits per heavy atom. The number of carbonyl (C=O) groups is 3. The maximum absolute atomic E-state index is 12.4. The van der Waals surface area contributed by atoms with Crippen molar-refractivity contribution in [2.75, 3.05) is 31.7 Å². The second kappa shape index (κ2) is 9.56. The minimum atomic E-state index is -4.05. The second-order valence-electron chi connectivity index (χ2n) is 7.08. The normalized spacial score (nSPS) is 14.7. The maximum Gasteiger partial charge on any atom is 0.325 e. The molecule has 0 atom stereocenters. The minimum Gasteiger partial charge on any atom is -0.468 e. The van der Waals surface area contributed by atoms with Gasteiger partial charge in [-0.1, -0.05) is 11.3 Å². The molecule has 0 bridgehead atoms. The van der Waals surface area contributed by atoms with Gasteiger partial charge in [0.1, 0.15) is 18.1 Å². The van der Waals surface area contributed by atoms with Crippen LogP contribution in [0.25, 0.3) is 10.2 Å². The molecule has 14 heteroatoms. The number of hydrogen-bond donors (Lipinski definition) is 0. The number of nitro benzene ring substituents is 1. The van der Waals surface area contributed by atoms with Crippen LogP contribution in [0.4, 0.5) is 5.69 Å². The first-order valence-electron chi connectivity index (χ1n) is 9.50. The highest BCUT2D eigenvalue weighted by molar-refractivity contribution is 7.92. The summed E-state index contributed by atoms with van der Waals surface area (Å²) in [6, 6.07) is 3.91. The smallest absolute Gasteiger partial charge is 0.325 e. The number of methoxy groups -OCH3 is 1. The fourth-order valence-corrected chi connectivity index (χ4v) is 5.41. The third-order valence-corrected chi connectivity index (χ3v) is 7.17. The molecule has 1 aromatic carbocycles. The molecule has 0 spiro atoms. The van der Waals surface area contributed by atoms with E-state index in [4.69, 9.17) is 0 Å². The van der Waals surface area contributed by atoms with Crippen LogP contribution in [0.3, 0.4) is 0 Å². The molecule has 1 saturated heterocycles. The first-order chi connectivity index (χ1) is 15.1. The molecule has 0 saturated carbocycles. The molecule has 1 aliphatic rings. The van der Waals surface area contributed by atoms with Gasteiger partial charge in [0.2, 0.25) is 5.91 Å². The topological polar surface area (TPSA) is 158 Å². The molecule has 1 fully saturated rings. The van der Waals surface area contributed by atoms with Crippen LogP contribution >= 0.6 is 11.3 Å². The van der Waals surface area contributed by atoms with Crippen LogP contribution in [-0.2, 0) is 35.5 Å². The summed E-state index contributed by atoms with van der Waals surface area (Å²) in [6.07, 6.45) is 1.62.